The van der Waals surface area contributed by atoms with Gasteiger partial charge in [-0.3, -0.25) is 5.43 Å². The molecule has 2 heterocycles. The molecule has 0 unspecified atom stereocenters. The van der Waals surface area contributed by atoms with E-state index in [1.807, 2.05) is 6.92 Å². The lowest BCUT2D eigenvalue weighted by atomic mass is 10.3. The molecule has 2 rings (SSSR count). The fraction of sp³-hybridized carbons (Fsp3) is 0.625. The van der Waals surface area contributed by atoms with Crippen LogP contribution in [0.1, 0.15) is 6.92 Å². The molecule has 0 saturated carbocycles. The molecule has 0 aromatic carbocycles. The van der Waals surface area contributed by atoms with Gasteiger partial charge in [0.05, 0.1) is 19.8 Å². The van der Waals surface area contributed by atoms with Gasteiger partial charge in [-0.25, -0.2) is 5.84 Å². The minimum atomic E-state index is -0.0116. The van der Waals surface area contributed by atoms with Gasteiger partial charge in [0.15, 0.2) is 0 Å². The lowest BCUT2D eigenvalue weighted by Gasteiger charge is -2.25. The summed E-state index contributed by atoms with van der Waals surface area (Å²) in [5.74, 6) is 5.42. The van der Waals surface area contributed by atoms with Crippen molar-refractivity contribution in [2.75, 3.05) is 25.2 Å². The molecular formula is C8H13N5O3. The Morgan fingerprint density at radius 2 is 2.12 bits per heavy atom. The third kappa shape index (κ3) is 2.47. The van der Waals surface area contributed by atoms with Gasteiger partial charge in [0.2, 0.25) is 5.95 Å². The molecule has 1 aliphatic heterocycles. The van der Waals surface area contributed by atoms with E-state index >= 15 is 0 Å². The molecular weight excluding hydrogens is 214 g/mol. The van der Waals surface area contributed by atoms with Crippen LogP contribution in [0, 0.1) is 0 Å². The predicted octanol–water partition coefficient (Wildman–Crippen LogP) is -0.666. The average Bonchev–Trinajstić information content (AvgIpc) is 2.24. The van der Waals surface area contributed by atoms with E-state index in [1.165, 1.54) is 0 Å². The van der Waals surface area contributed by atoms with E-state index in [0.29, 0.717) is 19.8 Å². The fourth-order valence-corrected chi connectivity index (χ4v) is 1.08. The van der Waals surface area contributed by atoms with E-state index in [9.17, 15) is 0 Å². The number of rotatable bonds is 5. The smallest absolute Gasteiger partial charge is 0.324 e. The van der Waals surface area contributed by atoms with Gasteiger partial charge >= 0.3 is 12.0 Å². The number of nitrogens with one attached hydrogen (secondary N) is 1. The molecule has 16 heavy (non-hydrogen) atoms. The maximum atomic E-state index is 5.42. The van der Waals surface area contributed by atoms with E-state index in [2.05, 4.69) is 20.4 Å². The van der Waals surface area contributed by atoms with Crippen molar-refractivity contribution in [1.82, 2.24) is 15.0 Å². The molecule has 1 aromatic heterocycles. The van der Waals surface area contributed by atoms with Crippen LogP contribution in [0.3, 0.4) is 0 Å². The number of aromatic nitrogens is 3. The number of ether oxygens (including phenoxy) is 3. The van der Waals surface area contributed by atoms with Gasteiger partial charge in [-0.05, 0) is 6.92 Å². The van der Waals surface area contributed by atoms with Crippen LogP contribution >= 0.6 is 0 Å². The summed E-state index contributed by atoms with van der Waals surface area (Å²) in [4.78, 5) is 11.8. The Hall–Kier alpha value is -1.67. The van der Waals surface area contributed by atoms with Crippen molar-refractivity contribution in [3.05, 3.63) is 0 Å². The van der Waals surface area contributed by atoms with Crippen LogP contribution in [-0.2, 0) is 4.74 Å². The lowest BCUT2D eigenvalue weighted by molar-refractivity contribution is -0.0833. The third-order valence-electron chi connectivity index (χ3n) is 1.88. The fourth-order valence-electron chi connectivity index (χ4n) is 1.08. The predicted molar refractivity (Wildman–Crippen MR) is 54.0 cm³/mol. The summed E-state index contributed by atoms with van der Waals surface area (Å²) < 4.78 is 15.5. The van der Waals surface area contributed by atoms with Gasteiger partial charge in [-0.15, -0.1) is 4.98 Å². The number of hydrazine groups is 1. The normalized spacial score (nSPS) is 15.4. The molecule has 0 bridgehead atoms. The molecule has 1 aliphatic rings. The molecule has 8 heteroatoms. The summed E-state index contributed by atoms with van der Waals surface area (Å²) in [5, 5.41) is 0. The van der Waals surface area contributed by atoms with Crippen LogP contribution in [0.25, 0.3) is 0 Å². The highest BCUT2D eigenvalue weighted by Gasteiger charge is 2.22. The largest absolute Gasteiger partial charge is 0.464 e. The number of anilines is 1. The van der Waals surface area contributed by atoms with Crippen LogP contribution in [0.4, 0.5) is 5.95 Å². The SMILES string of the molecule is CCOc1nc(NN)nc(OC2COC2)n1. The highest BCUT2D eigenvalue weighted by atomic mass is 16.6. The second-order valence-corrected chi connectivity index (χ2v) is 3.08. The second-order valence-electron chi connectivity index (χ2n) is 3.08. The number of hydrogen-bond donors (Lipinski definition) is 2. The Labute approximate surface area is 92.1 Å². The average molecular weight is 227 g/mol. The lowest BCUT2D eigenvalue weighted by Crippen LogP contribution is -2.39. The van der Waals surface area contributed by atoms with Gasteiger partial charge in [-0.2, -0.15) is 9.97 Å². The quantitative estimate of drug-likeness (QED) is 0.504. The van der Waals surface area contributed by atoms with Gasteiger partial charge < -0.3 is 14.2 Å². The van der Waals surface area contributed by atoms with Crippen molar-refractivity contribution >= 4 is 5.95 Å². The van der Waals surface area contributed by atoms with Crippen molar-refractivity contribution in [3.8, 4) is 12.0 Å². The first-order chi connectivity index (χ1) is 7.81. The van der Waals surface area contributed by atoms with Crippen LogP contribution in [-0.4, -0.2) is 40.9 Å². The number of hydrogen-bond acceptors (Lipinski definition) is 8. The molecule has 8 nitrogen and oxygen atoms in total. The first-order valence-electron chi connectivity index (χ1n) is 4.91. The van der Waals surface area contributed by atoms with Crippen LogP contribution in [0.15, 0.2) is 0 Å². The van der Waals surface area contributed by atoms with E-state index in [-0.39, 0.29) is 24.1 Å². The highest BCUT2D eigenvalue weighted by Crippen LogP contribution is 2.15. The molecule has 0 radical (unpaired) electrons. The molecule has 1 saturated heterocycles. The Morgan fingerprint density at radius 1 is 1.38 bits per heavy atom. The van der Waals surface area contributed by atoms with Crippen molar-refractivity contribution in [2.45, 2.75) is 13.0 Å². The zero-order valence-electron chi connectivity index (χ0n) is 8.84. The maximum Gasteiger partial charge on any atom is 0.324 e. The molecule has 1 aromatic rings. The van der Waals surface area contributed by atoms with Gasteiger partial charge in [0.1, 0.15) is 6.10 Å². The minimum absolute atomic E-state index is 0.0116. The topological polar surface area (TPSA) is 104 Å². The Bertz CT molecular complexity index is 358. The van der Waals surface area contributed by atoms with Crippen LogP contribution in [0.2, 0.25) is 0 Å². The Kier molecular flexibility index (Phi) is 3.32. The monoisotopic (exact) mass is 227 g/mol. The standard InChI is InChI=1S/C8H13N5O3/c1-2-15-7-10-6(13-9)11-8(12-7)16-5-3-14-4-5/h5H,2-4,9H2,1H3,(H,10,11,12,13). The molecule has 0 atom stereocenters. The summed E-state index contributed by atoms with van der Waals surface area (Å²) in [7, 11) is 0. The maximum absolute atomic E-state index is 5.42. The molecule has 1 fully saturated rings. The first kappa shape index (κ1) is 10.8. The molecule has 88 valence electrons. The highest BCUT2D eigenvalue weighted by molar-refractivity contribution is 5.25. The van der Waals surface area contributed by atoms with Crippen LogP contribution in [0.5, 0.6) is 12.0 Å². The van der Waals surface area contributed by atoms with Crippen molar-refractivity contribution in [3.63, 3.8) is 0 Å². The van der Waals surface area contributed by atoms with Crippen LogP contribution < -0.4 is 20.7 Å². The first-order valence-corrected chi connectivity index (χ1v) is 4.91. The van der Waals surface area contributed by atoms with Crippen molar-refractivity contribution in [1.29, 1.82) is 0 Å². The third-order valence-corrected chi connectivity index (χ3v) is 1.88. The summed E-state index contributed by atoms with van der Waals surface area (Å²) in [5.41, 5.74) is 2.32. The Balaban J connectivity index is 2.11. The number of nitrogens with zero attached hydrogens (tertiary/aromatic N) is 3. The number of nitrogens with two attached hydrogens (primary N) is 1. The summed E-state index contributed by atoms with van der Waals surface area (Å²) in [6, 6.07) is 0.361. The second kappa shape index (κ2) is 4.90. The van der Waals surface area contributed by atoms with Crippen molar-refractivity contribution < 1.29 is 14.2 Å². The van der Waals surface area contributed by atoms with Gasteiger partial charge in [-0.1, -0.05) is 0 Å². The molecule has 0 spiro atoms. The van der Waals surface area contributed by atoms with E-state index in [4.69, 9.17) is 20.1 Å². The van der Waals surface area contributed by atoms with Gasteiger partial charge in [0.25, 0.3) is 0 Å². The van der Waals surface area contributed by atoms with E-state index in [1.54, 1.807) is 0 Å². The Morgan fingerprint density at radius 3 is 2.69 bits per heavy atom. The minimum Gasteiger partial charge on any atom is -0.464 e. The summed E-state index contributed by atoms with van der Waals surface area (Å²) in [6.45, 7) is 3.38. The zero-order valence-corrected chi connectivity index (χ0v) is 8.84. The molecule has 0 aliphatic carbocycles. The van der Waals surface area contributed by atoms with Crippen molar-refractivity contribution in [2.24, 2.45) is 5.84 Å². The van der Waals surface area contributed by atoms with E-state index in [0.717, 1.165) is 0 Å². The molecule has 0 amide bonds. The summed E-state index contributed by atoms with van der Waals surface area (Å²) in [6.07, 6.45) is -0.0116. The molecule has 3 N–H and O–H groups in total. The number of nitrogen functional groups attached to an aromatic ring is 1. The van der Waals surface area contributed by atoms with Gasteiger partial charge in [0, 0.05) is 0 Å². The zero-order chi connectivity index (χ0) is 11.4. The summed E-state index contributed by atoms with van der Waals surface area (Å²) >= 11 is 0. The van der Waals surface area contributed by atoms with E-state index < -0.39 is 0 Å².